The van der Waals surface area contributed by atoms with Gasteiger partial charge in [0.05, 0.1) is 0 Å². The van der Waals surface area contributed by atoms with Gasteiger partial charge in [-0.3, -0.25) is 0 Å². The SMILES string of the molecule is CC1(C)NCCC1Cc1ccccc1. The molecule has 1 heterocycles. The number of nitrogens with one attached hydrogen (secondary N) is 1. The molecule has 1 unspecified atom stereocenters. The van der Waals surface area contributed by atoms with Crippen molar-refractivity contribution in [3.63, 3.8) is 0 Å². The lowest BCUT2D eigenvalue weighted by atomic mass is 9.84. The van der Waals surface area contributed by atoms with E-state index in [2.05, 4.69) is 49.5 Å². The number of hydrogen-bond acceptors (Lipinski definition) is 1. The van der Waals surface area contributed by atoms with Gasteiger partial charge in [-0.25, -0.2) is 0 Å². The summed E-state index contributed by atoms with van der Waals surface area (Å²) in [6.45, 7) is 5.80. The molecule has 1 fully saturated rings. The second-order valence-electron chi connectivity index (χ2n) is 4.82. The van der Waals surface area contributed by atoms with E-state index in [1.807, 2.05) is 0 Å². The highest BCUT2D eigenvalue weighted by molar-refractivity contribution is 5.16. The van der Waals surface area contributed by atoms with Gasteiger partial charge in [0.2, 0.25) is 0 Å². The van der Waals surface area contributed by atoms with Crippen molar-refractivity contribution < 1.29 is 0 Å². The quantitative estimate of drug-likeness (QED) is 0.754. The average molecular weight is 189 g/mol. The Kier molecular flexibility index (Phi) is 2.60. The van der Waals surface area contributed by atoms with Gasteiger partial charge in [-0.15, -0.1) is 0 Å². The zero-order chi connectivity index (χ0) is 10.0. The van der Waals surface area contributed by atoms with Gasteiger partial charge >= 0.3 is 0 Å². The van der Waals surface area contributed by atoms with E-state index in [0.717, 1.165) is 5.92 Å². The van der Waals surface area contributed by atoms with Crippen LogP contribution in [0.15, 0.2) is 30.3 Å². The predicted molar refractivity (Wildman–Crippen MR) is 60.3 cm³/mol. The van der Waals surface area contributed by atoms with Crippen LogP contribution in [-0.2, 0) is 6.42 Å². The molecule has 0 spiro atoms. The molecule has 1 aromatic rings. The fourth-order valence-corrected chi connectivity index (χ4v) is 2.33. The third-order valence-corrected chi connectivity index (χ3v) is 3.42. The molecule has 76 valence electrons. The van der Waals surface area contributed by atoms with Gasteiger partial charge in [0.25, 0.3) is 0 Å². The number of hydrogen-bond donors (Lipinski definition) is 1. The summed E-state index contributed by atoms with van der Waals surface area (Å²) >= 11 is 0. The van der Waals surface area contributed by atoms with Crippen LogP contribution in [0.2, 0.25) is 0 Å². The Morgan fingerprint density at radius 2 is 2.00 bits per heavy atom. The Morgan fingerprint density at radius 3 is 2.57 bits per heavy atom. The Bertz CT molecular complexity index is 289. The Balaban J connectivity index is 2.05. The van der Waals surface area contributed by atoms with Gasteiger partial charge in [-0.1, -0.05) is 30.3 Å². The molecular formula is C13H19N. The Morgan fingerprint density at radius 1 is 1.29 bits per heavy atom. The van der Waals surface area contributed by atoms with Crippen LogP contribution in [0.1, 0.15) is 25.8 Å². The second kappa shape index (κ2) is 3.74. The minimum atomic E-state index is 0.315. The lowest BCUT2D eigenvalue weighted by molar-refractivity contribution is 0.332. The molecule has 1 N–H and O–H groups in total. The Hall–Kier alpha value is -0.820. The molecule has 1 aliphatic rings. The highest BCUT2D eigenvalue weighted by atomic mass is 15.0. The fraction of sp³-hybridized carbons (Fsp3) is 0.538. The standard InChI is InChI=1S/C13H19N/c1-13(2)12(8-9-14-13)10-11-6-4-3-5-7-11/h3-7,12,14H,8-10H2,1-2H3. The van der Waals surface area contributed by atoms with Crippen LogP contribution >= 0.6 is 0 Å². The summed E-state index contributed by atoms with van der Waals surface area (Å²) in [5.74, 6) is 0.782. The van der Waals surface area contributed by atoms with Gasteiger partial charge in [-0.2, -0.15) is 0 Å². The molecule has 0 aromatic heterocycles. The van der Waals surface area contributed by atoms with Crippen molar-refractivity contribution in [2.75, 3.05) is 6.54 Å². The lowest BCUT2D eigenvalue weighted by Gasteiger charge is -2.27. The fourth-order valence-electron chi connectivity index (χ4n) is 2.33. The Labute approximate surface area is 86.5 Å². The summed E-state index contributed by atoms with van der Waals surface area (Å²) in [7, 11) is 0. The van der Waals surface area contributed by atoms with Gasteiger partial charge in [0.15, 0.2) is 0 Å². The van der Waals surface area contributed by atoms with Crippen LogP contribution < -0.4 is 5.32 Å². The summed E-state index contributed by atoms with van der Waals surface area (Å²) in [6, 6.07) is 10.8. The average Bonchev–Trinajstić information content (AvgIpc) is 2.48. The molecule has 2 rings (SSSR count). The van der Waals surface area contributed by atoms with Gasteiger partial charge in [0.1, 0.15) is 0 Å². The summed E-state index contributed by atoms with van der Waals surface area (Å²) in [5, 5.41) is 3.57. The first-order valence-electron chi connectivity index (χ1n) is 5.47. The molecule has 0 saturated carbocycles. The predicted octanol–water partition coefficient (Wildman–Crippen LogP) is 2.62. The van der Waals surface area contributed by atoms with Crippen molar-refractivity contribution in [3.8, 4) is 0 Å². The maximum atomic E-state index is 3.57. The molecular weight excluding hydrogens is 170 g/mol. The molecule has 1 saturated heterocycles. The van der Waals surface area contributed by atoms with Crippen molar-refractivity contribution in [2.45, 2.75) is 32.2 Å². The van der Waals surface area contributed by atoms with E-state index in [4.69, 9.17) is 0 Å². The minimum absolute atomic E-state index is 0.315. The van der Waals surface area contributed by atoms with E-state index in [9.17, 15) is 0 Å². The van der Waals surface area contributed by atoms with Crippen LogP contribution in [0, 0.1) is 5.92 Å². The molecule has 1 atom stereocenters. The van der Waals surface area contributed by atoms with E-state index in [0.29, 0.717) is 5.54 Å². The van der Waals surface area contributed by atoms with Crippen LogP contribution in [0.5, 0.6) is 0 Å². The van der Waals surface area contributed by atoms with E-state index in [1.165, 1.54) is 24.9 Å². The lowest BCUT2D eigenvalue weighted by Crippen LogP contribution is -2.38. The van der Waals surface area contributed by atoms with E-state index < -0.39 is 0 Å². The van der Waals surface area contributed by atoms with E-state index in [-0.39, 0.29) is 0 Å². The molecule has 1 heteroatoms. The second-order valence-corrected chi connectivity index (χ2v) is 4.82. The summed E-state index contributed by atoms with van der Waals surface area (Å²) < 4.78 is 0. The van der Waals surface area contributed by atoms with Crippen LogP contribution in [0.3, 0.4) is 0 Å². The van der Waals surface area contributed by atoms with E-state index >= 15 is 0 Å². The molecule has 1 aliphatic heterocycles. The van der Waals surface area contributed by atoms with Crippen LogP contribution in [0.4, 0.5) is 0 Å². The smallest absolute Gasteiger partial charge is 0.0156 e. The van der Waals surface area contributed by atoms with E-state index in [1.54, 1.807) is 0 Å². The maximum absolute atomic E-state index is 3.57. The maximum Gasteiger partial charge on any atom is 0.0156 e. The monoisotopic (exact) mass is 189 g/mol. The molecule has 0 aliphatic carbocycles. The molecule has 0 bridgehead atoms. The molecule has 0 radical (unpaired) electrons. The van der Waals surface area contributed by atoms with Gasteiger partial charge in [0, 0.05) is 5.54 Å². The number of benzene rings is 1. The topological polar surface area (TPSA) is 12.0 Å². The van der Waals surface area contributed by atoms with Crippen molar-refractivity contribution in [2.24, 2.45) is 5.92 Å². The third-order valence-electron chi connectivity index (χ3n) is 3.42. The first kappa shape index (κ1) is 9.72. The van der Waals surface area contributed by atoms with Crippen molar-refractivity contribution >= 4 is 0 Å². The zero-order valence-corrected chi connectivity index (χ0v) is 9.09. The first-order valence-corrected chi connectivity index (χ1v) is 5.47. The molecule has 1 nitrogen and oxygen atoms in total. The summed E-state index contributed by atoms with van der Waals surface area (Å²) in [4.78, 5) is 0. The van der Waals surface area contributed by atoms with Crippen molar-refractivity contribution in [1.29, 1.82) is 0 Å². The normalized spacial score (nSPS) is 25.1. The molecule has 1 aromatic carbocycles. The van der Waals surface area contributed by atoms with Gasteiger partial charge < -0.3 is 5.32 Å². The summed E-state index contributed by atoms with van der Waals surface area (Å²) in [5.41, 5.74) is 1.78. The van der Waals surface area contributed by atoms with Crippen molar-refractivity contribution in [3.05, 3.63) is 35.9 Å². The highest BCUT2D eigenvalue weighted by Gasteiger charge is 2.33. The molecule has 14 heavy (non-hydrogen) atoms. The van der Waals surface area contributed by atoms with Crippen LogP contribution in [0.25, 0.3) is 0 Å². The largest absolute Gasteiger partial charge is 0.311 e. The van der Waals surface area contributed by atoms with Crippen LogP contribution in [-0.4, -0.2) is 12.1 Å². The summed E-state index contributed by atoms with van der Waals surface area (Å²) in [6.07, 6.45) is 2.52. The third kappa shape index (κ3) is 1.98. The number of rotatable bonds is 2. The first-order chi connectivity index (χ1) is 6.68. The minimum Gasteiger partial charge on any atom is -0.311 e. The zero-order valence-electron chi connectivity index (χ0n) is 9.09. The molecule has 0 amide bonds. The van der Waals surface area contributed by atoms with Gasteiger partial charge in [-0.05, 0) is 44.7 Å². The highest BCUT2D eigenvalue weighted by Crippen LogP contribution is 2.28. The van der Waals surface area contributed by atoms with Crippen molar-refractivity contribution in [1.82, 2.24) is 5.32 Å².